The van der Waals surface area contributed by atoms with Gasteiger partial charge in [-0.2, -0.15) is 0 Å². The molecule has 2 aromatic carbocycles. The van der Waals surface area contributed by atoms with Gasteiger partial charge in [0, 0.05) is 12.1 Å². The van der Waals surface area contributed by atoms with Crippen molar-refractivity contribution >= 4 is 16.1 Å². The fourth-order valence-corrected chi connectivity index (χ4v) is 3.47. The van der Waals surface area contributed by atoms with Gasteiger partial charge in [-0.1, -0.05) is 30.3 Å². The SMILES string of the molecule is COS(=O)(=O)[O-].C[N+]1(CCOc2cc(OCc3ccccc3)ccc2[N+](=O)[O-])CCCCC1. The molecule has 0 aliphatic carbocycles. The molecule has 0 saturated carbocycles. The van der Waals surface area contributed by atoms with E-state index in [1.54, 1.807) is 12.1 Å². The van der Waals surface area contributed by atoms with Gasteiger partial charge in [-0.25, -0.2) is 8.42 Å². The second-order valence-corrected chi connectivity index (χ2v) is 9.09. The minimum Gasteiger partial charge on any atom is -0.726 e. The second kappa shape index (κ2) is 12.5. The van der Waals surface area contributed by atoms with Crippen molar-refractivity contribution in [1.82, 2.24) is 0 Å². The molecular weight excluding hydrogens is 452 g/mol. The van der Waals surface area contributed by atoms with Gasteiger partial charge in [0.25, 0.3) is 0 Å². The molecule has 1 aliphatic rings. The van der Waals surface area contributed by atoms with E-state index < -0.39 is 15.3 Å². The number of likely N-dealkylation sites (tertiary alicyclic amines) is 1. The molecule has 0 amide bonds. The number of hydrogen-bond donors (Lipinski definition) is 0. The van der Waals surface area contributed by atoms with Gasteiger partial charge in [-0.3, -0.25) is 14.3 Å². The van der Waals surface area contributed by atoms with Crippen LogP contribution in [-0.2, 0) is 21.2 Å². The molecule has 11 heteroatoms. The van der Waals surface area contributed by atoms with Crippen LogP contribution in [0.15, 0.2) is 48.5 Å². The Morgan fingerprint density at radius 1 is 1.03 bits per heavy atom. The third-order valence-corrected chi connectivity index (χ3v) is 5.77. The van der Waals surface area contributed by atoms with E-state index in [9.17, 15) is 23.1 Å². The van der Waals surface area contributed by atoms with Crippen molar-refractivity contribution < 1.29 is 36.0 Å². The van der Waals surface area contributed by atoms with Crippen LogP contribution in [0.1, 0.15) is 24.8 Å². The lowest BCUT2D eigenvalue weighted by Crippen LogP contribution is -2.50. The van der Waals surface area contributed by atoms with Crippen molar-refractivity contribution in [2.45, 2.75) is 25.9 Å². The Kier molecular flexibility index (Phi) is 10.0. The molecule has 0 aromatic heterocycles. The first-order chi connectivity index (χ1) is 15.6. The minimum atomic E-state index is -4.41. The summed E-state index contributed by atoms with van der Waals surface area (Å²) in [6.07, 6.45) is 3.76. The van der Waals surface area contributed by atoms with Crippen molar-refractivity contribution in [3.8, 4) is 11.5 Å². The predicted octanol–water partition coefficient (Wildman–Crippen LogP) is 3.28. The third-order valence-electron chi connectivity index (χ3n) is 5.37. The second-order valence-electron chi connectivity index (χ2n) is 7.94. The van der Waals surface area contributed by atoms with Crippen LogP contribution in [0.5, 0.6) is 11.5 Å². The Morgan fingerprint density at radius 2 is 1.67 bits per heavy atom. The van der Waals surface area contributed by atoms with Crippen LogP contribution in [0.3, 0.4) is 0 Å². The summed E-state index contributed by atoms with van der Waals surface area (Å²) in [7, 11) is -1.37. The predicted molar refractivity (Wildman–Crippen MR) is 121 cm³/mol. The maximum atomic E-state index is 11.3. The largest absolute Gasteiger partial charge is 0.726 e. The van der Waals surface area contributed by atoms with Gasteiger partial charge in [0.15, 0.2) is 0 Å². The van der Waals surface area contributed by atoms with Gasteiger partial charge in [-0.15, -0.1) is 0 Å². The lowest BCUT2D eigenvalue weighted by atomic mass is 10.1. The van der Waals surface area contributed by atoms with Crippen LogP contribution >= 0.6 is 0 Å². The fraction of sp³-hybridized carbons (Fsp3) is 0.455. The van der Waals surface area contributed by atoms with Gasteiger partial charge in [0.1, 0.15) is 25.5 Å². The molecular formula is C22H30N2O8S. The summed E-state index contributed by atoms with van der Waals surface area (Å²) in [6.45, 7) is 4.01. The molecule has 0 bridgehead atoms. The van der Waals surface area contributed by atoms with Crippen LogP contribution in [-0.4, -0.2) is 62.8 Å². The topological polar surface area (TPSA) is 128 Å². The number of rotatable bonds is 9. The van der Waals surface area contributed by atoms with E-state index >= 15 is 0 Å². The van der Waals surface area contributed by atoms with Gasteiger partial charge in [0.05, 0.1) is 32.2 Å². The number of nitrogens with zero attached hydrogens (tertiary/aromatic N) is 2. The first-order valence-corrected chi connectivity index (χ1v) is 11.9. The van der Waals surface area contributed by atoms with Crippen molar-refractivity contribution in [1.29, 1.82) is 0 Å². The molecule has 2 aromatic rings. The van der Waals surface area contributed by atoms with E-state index in [1.807, 2.05) is 30.3 Å². The van der Waals surface area contributed by atoms with Gasteiger partial charge < -0.3 is 18.5 Å². The van der Waals surface area contributed by atoms with Crippen molar-refractivity contribution in [2.75, 3.05) is 40.4 Å². The number of ether oxygens (including phenoxy) is 2. The smallest absolute Gasteiger partial charge is 0.311 e. The molecule has 1 aliphatic heterocycles. The fourth-order valence-electron chi connectivity index (χ4n) is 3.47. The van der Waals surface area contributed by atoms with Crippen molar-refractivity contribution in [3.63, 3.8) is 0 Å². The molecule has 0 N–H and O–H groups in total. The van der Waals surface area contributed by atoms with E-state index in [0.29, 0.717) is 19.0 Å². The summed E-state index contributed by atoms with van der Waals surface area (Å²) < 4.78 is 43.6. The molecule has 0 spiro atoms. The Morgan fingerprint density at radius 3 is 2.24 bits per heavy atom. The van der Waals surface area contributed by atoms with E-state index in [4.69, 9.17) is 9.47 Å². The highest BCUT2D eigenvalue weighted by Gasteiger charge is 2.25. The molecule has 0 atom stereocenters. The number of piperidine rings is 1. The Balaban J connectivity index is 0.000000569. The Hall–Kier alpha value is -2.73. The van der Waals surface area contributed by atoms with Crippen molar-refractivity contribution in [3.05, 3.63) is 64.2 Å². The maximum Gasteiger partial charge on any atom is 0.311 e. The van der Waals surface area contributed by atoms with Crippen molar-refractivity contribution in [2.24, 2.45) is 0 Å². The number of nitro benzene ring substituents is 1. The molecule has 1 heterocycles. The first kappa shape index (κ1) is 26.5. The zero-order chi connectivity index (χ0) is 24.3. The summed E-state index contributed by atoms with van der Waals surface area (Å²) in [4.78, 5) is 10.9. The molecule has 33 heavy (non-hydrogen) atoms. The quantitative estimate of drug-likeness (QED) is 0.175. The number of benzene rings is 2. The standard InChI is InChI=1S/C21H27N2O4.CH4O4S/c1-23(12-6-3-7-13-23)14-15-26-21-16-19(10-11-20(21)22(24)25)27-17-18-8-4-2-5-9-18;1-5-6(2,3)4/h2,4-5,8-11,16H,3,6-7,12-15,17H2,1H3;1H3,(H,2,3,4)/q+1;/p-1. The highest BCUT2D eigenvalue weighted by molar-refractivity contribution is 7.80. The monoisotopic (exact) mass is 482 g/mol. The Labute approximate surface area is 194 Å². The van der Waals surface area contributed by atoms with Gasteiger partial charge in [0.2, 0.25) is 16.1 Å². The highest BCUT2D eigenvalue weighted by atomic mass is 32.3. The zero-order valence-electron chi connectivity index (χ0n) is 18.8. The maximum absolute atomic E-state index is 11.3. The molecule has 10 nitrogen and oxygen atoms in total. The van der Waals surface area contributed by atoms with Gasteiger partial charge in [-0.05, 0) is 30.9 Å². The first-order valence-electron chi connectivity index (χ1n) is 10.5. The molecule has 1 saturated heterocycles. The van der Waals surface area contributed by atoms with Crippen LogP contribution in [0.4, 0.5) is 5.69 Å². The average molecular weight is 483 g/mol. The molecule has 1 fully saturated rings. The van der Waals surface area contributed by atoms with E-state index in [2.05, 4.69) is 11.2 Å². The van der Waals surface area contributed by atoms with Crippen LogP contribution < -0.4 is 9.47 Å². The minimum absolute atomic E-state index is 0.0247. The lowest BCUT2D eigenvalue weighted by Gasteiger charge is -2.37. The number of nitro groups is 1. The normalized spacial score (nSPS) is 15.1. The van der Waals surface area contributed by atoms with E-state index in [1.165, 1.54) is 25.3 Å². The zero-order valence-corrected chi connectivity index (χ0v) is 19.7. The lowest BCUT2D eigenvalue weighted by molar-refractivity contribution is -0.914. The van der Waals surface area contributed by atoms with Crippen LogP contribution in [0, 0.1) is 10.1 Å². The summed E-state index contributed by atoms with van der Waals surface area (Å²) >= 11 is 0. The highest BCUT2D eigenvalue weighted by Crippen LogP contribution is 2.31. The summed E-state index contributed by atoms with van der Waals surface area (Å²) in [5.41, 5.74) is 1.02. The summed E-state index contributed by atoms with van der Waals surface area (Å²) in [6, 6.07) is 14.5. The van der Waals surface area contributed by atoms with Crippen LogP contribution in [0.2, 0.25) is 0 Å². The number of hydrogen-bond acceptors (Lipinski definition) is 8. The average Bonchev–Trinajstić information content (AvgIpc) is 2.78. The molecule has 182 valence electrons. The van der Waals surface area contributed by atoms with Gasteiger partial charge >= 0.3 is 5.69 Å². The molecule has 0 unspecified atom stereocenters. The van der Waals surface area contributed by atoms with Crippen LogP contribution in [0.25, 0.3) is 0 Å². The third kappa shape index (κ3) is 9.74. The Bertz CT molecular complexity index is 993. The molecule has 3 rings (SSSR count). The van der Waals surface area contributed by atoms with E-state index in [-0.39, 0.29) is 11.4 Å². The number of likely N-dealkylation sites (N-methyl/N-ethyl adjacent to an activating group) is 1. The summed E-state index contributed by atoms with van der Waals surface area (Å²) in [5, 5.41) is 11.3. The van der Waals surface area contributed by atoms with E-state index in [0.717, 1.165) is 36.8 Å². The summed E-state index contributed by atoms with van der Waals surface area (Å²) in [5.74, 6) is 0.840. The molecule has 0 radical (unpaired) electrons. The number of quaternary nitrogens is 1.